The predicted octanol–water partition coefficient (Wildman–Crippen LogP) is 2.37. The molecule has 1 fully saturated rings. The standard InChI is InChI=1S/C22H20ClF3N6O3S/c1-2-30-11-14(19(34)35)17(33)13-10-27-20(29-18(13)30)31-5-7-32(8-6-31)21(36)28-16-9-12(22(24,25)26)3-4-15(16)23/h3-4,9-11H,2,5-8H2,1H3,(H,28,36)(H,34,35)/p-1. The van der Waals surface area contributed by atoms with E-state index < -0.39 is 28.7 Å². The number of piperazine rings is 1. The number of carbonyl (C=O) groups is 1. The second-order valence-electron chi connectivity index (χ2n) is 7.95. The molecule has 0 amide bonds. The molecule has 3 heterocycles. The van der Waals surface area contributed by atoms with Crippen LogP contribution in [0.5, 0.6) is 0 Å². The Morgan fingerprint density at radius 2 is 1.94 bits per heavy atom. The van der Waals surface area contributed by atoms with Crippen LogP contribution in [0.4, 0.5) is 24.8 Å². The molecule has 0 radical (unpaired) electrons. The summed E-state index contributed by atoms with van der Waals surface area (Å²) in [6.07, 6.45) is -2.01. The molecule has 190 valence electrons. The molecule has 1 saturated heterocycles. The van der Waals surface area contributed by atoms with Crippen LogP contribution in [0, 0.1) is 0 Å². The molecule has 0 atom stereocenters. The average Bonchev–Trinajstić information content (AvgIpc) is 2.84. The van der Waals surface area contributed by atoms with Crippen LogP contribution in [0.2, 0.25) is 5.02 Å². The topological polar surface area (TPSA) is 106 Å². The molecule has 3 aromatic rings. The van der Waals surface area contributed by atoms with Crippen LogP contribution in [0.3, 0.4) is 0 Å². The number of pyridine rings is 1. The van der Waals surface area contributed by atoms with Crippen molar-refractivity contribution in [3.8, 4) is 0 Å². The van der Waals surface area contributed by atoms with E-state index in [1.807, 2.05) is 4.90 Å². The number of nitrogens with one attached hydrogen (secondary N) is 1. The molecule has 36 heavy (non-hydrogen) atoms. The monoisotopic (exact) mass is 539 g/mol. The second-order valence-corrected chi connectivity index (χ2v) is 8.74. The predicted molar refractivity (Wildman–Crippen MR) is 130 cm³/mol. The van der Waals surface area contributed by atoms with Gasteiger partial charge in [0, 0.05) is 45.1 Å². The number of hydrogen-bond donors (Lipinski definition) is 1. The number of halogens is 4. The number of aromatic carboxylic acids is 1. The molecule has 0 bridgehead atoms. The lowest BCUT2D eigenvalue weighted by atomic mass is 10.2. The Morgan fingerprint density at radius 1 is 1.25 bits per heavy atom. The number of fused-ring (bicyclic) bond motifs is 1. The molecular weight excluding hydrogens is 521 g/mol. The van der Waals surface area contributed by atoms with E-state index in [-0.39, 0.29) is 21.2 Å². The van der Waals surface area contributed by atoms with Crippen molar-refractivity contribution in [1.82, 2.24) is 19.4 Å². The largest absolute Gasteiger partial charge is 0.545 e. The first-order valence-electron chi connectivity index (χ1n) is 10.8. The van der Waals surface area contributed by atoms with Gasteiger partial charge in [0.05, 0.1) is 33.2 Å². The minimum atomic E-state index is -4.51. The molecule has 1 aromatic carbocycles. The van der Waals surface area contributed by atoms with Gasteiger partial charge < -0.3 is 29.6 Å². The number of aryl methyl sites for hydroxylation is 1. The summed E-state index contributed by atoms with van der Waals surface area (Å²) >= 11 is 11.4. The van der Waals surface area contributed by atoms with E-state index in [1.165, 1.54) is 12.4 Å². The fourth-order valence-electron chi connectivity index (χ4n) is 3.80. The molecule has 0 spiro atoms. The molecule has 4 rings (SSSR count). The number of carboxylic acid groups (broad SMARTS) is 1. The average molecular weight is 540 g/mol. The smallest absolute Gasteiger partial charge is 0.416 e. The highest BCUT2D eigenvalue weighted by Gasteiger charge is 2.31. The Morgan fingerprint density at radius 3 is 2.56 bits per heavy atom. The maximum atomic E-state index is 13.0. The van der Waals surface area contributed by atoms with Gasteiger partial charge in [-0.3, -0.25) is 4.79 Å². The van der Waals surface area contributed by atoms with Gasteiger partial charge in [0.1, 0.15) is 5.65 Å². The lowest BCUT2D eigenvalue weighted by molar-refractivity contribution is -0.255. The summed E-state index contributed by atoms with van der Waals surface area (Å²) in [4.78, 5) is 36.1. The molecule has 14 heteroatoms. The van der Waals surface area contributed by atoms with Crippen LogP contribution in [0.15, 0.2) is 35.4 Å². The summed E-state index contributed by atoms with van der Waals surface area (Å²) in [7, 11) is 0. The lowest BCUT2D eigenvalue weighted by Crippen LogP contribution is -2.50. The molecule has 1 aliphatic rings. The maximum Gasteiger partial charge on any atom is 0.416 e. The summed E-state index contributed by atoms with van der Waals surface area (Å²) in [6, 6.07) is 2.97. The lowest BCUT2D eigenvalue weighted by Gasteiger charge is -2.36. The molecule has 2 aromatic heterocycles. The third kappa shape index (κ3) is 5.07. The second kappa shape index (κ2) is 9.90. The van der Waals surface area contributed by atoms with Crippen LogP contribution in [-0.4, -0.2) is 56.7 Å². The Balaban J connectivity index is 1.49. The van der Waals surface area contributed by atoms with E-state index in [2.05, 4.69) is 15.3 Å². The van der Waals surface area contributed by atoms with E-state index in [0.29, 0.717) is 44.3 Å². The highest BCUT2D eigenvalue weighted by Crippen LogP contribution is 2.34. The van der Waals surface area contributed by atoms with E-state index in [4.69, 9.17) is 23.8 Å². The number of carbonyl (C=O) groups excluding carboxylic acids is 1. The summed E-state index contributed by atoms with van der Waals surface area (Å²) < 4.78 is 40.7. The van der Waals surface area contributed by atoms with Crippen molar-refractivity contribution in [2.24, 2.45) is 0 Å². The number of thiocarbonyl (C=S) groups is 1. The van der Waals surface area contributed by atoms with Crippen molar-refractivity contribution in [3.05, 3.63) is 57.0 Å². The normalized spacial score (nSPS) is 14.2. The molecule has 0 unspecified atom stereocenters. The Labute approximate surface area is 213 Å². The maximum absolute atomic E-state index is 13.0. The van der Waals surface area contributed by atoms with Crippen molar-refractivity contribution < 1.29 is 23.1 Å². The Kier molecular flexibility index (Phi) is 7.05. The van der Waals surface area contributed by atoms with Gasteiger partial charge in [0.25, 0.3) is 0 Å². The fraction of sp³-hybridized carbons (Fsp3) is 0.318. The number of carboxylic acids is 1. The van der Waals surface area contributed by atoms with E-state index >= 15 is 0 Å². The number of alkyl halides is 3. The van der Waals surface area contributed by atoms with Gasteiger partial charge in [0.15, 0.2) is 5.11 Å². The van der Waals surface area contributed by atoms with Crippen molar-refractivity contribution in [2.45, 2.75) is 19.6 Å². The number of anilines is 2. The van der Waals surface area contributed by atoms with Crippen LogP contribution >= 0.6 is 23.8 Å². The summed E-state index contributed by atoms with van der Waals surface area (Å²) in [5.74, 6) is -1.22. The number of nitrogens with zero attached hydrogens (tertiary/aromatic N) is 5. The first-order valence-corrected chi connectivity index (χ1v) is 11.6. The van der Waals surface area contributed by atoms with Gasteiger partial charge in [0.2, 0.25) is 11.4 Å². The first kappa shape index (κ1) is 25.6. The number of benzene rings is 1. The van der Waals surface area contributed by atoms with Crippen molar-refractivity contribution in [3.63, 3.8) is 0 Å². The van der Waals surface area contributed by atoms with Crippen LogP contribution in [0.1, 0.15) is 22.8 Å². The van der Waals surface area contributed by atoms with Crippen LogP contribution in [-0.2, 0) is 12.7 Å². The molecule has 9 nitrogen and oxygen atoms in total. The third-order valence-electron chi connectivity index (χ3n) is 5.75. The van der Waals surface area contributed by atoms with Gasteiger partial charge in [-0.05, 0) is 37.3 Å². The van der Waals surface area contributed by atoms with Crippen molar-refractivity contribution in [2.75, 3.05) is 36.4 Å². The summed E-state index contributed by atoms with van der Waals surface area (Å²) in [6.45, 7) is 3.89. The van der Waals surface area contributed by atoms with E-state index in [1.54, 1.807) is 16.4 Å². The Bertz CT molecular complexity index is 1410. The van der Waals surface area contributed by atoms with E-state index in [0.717, 1.165) is 18.2 Å². The van der Waals surface area contributed by atoms with Gasteiger partial charge >= 0.3 is 6.18 Å². The van der Waals surface area contributed by atoms with Gasteiger partial charge in [-0.1, -0.05) is 11.6 Å². The SMILES string of the molecule is CCn1cc(C(=O)[O-])c(=O)c2cnc(N3CCN(C(=S)Nc4cc(C(F)(F)F)ccc4Cl)CC3)nc21. The highest BCUT2D eigenvalue weighted by molar-refractivity contribution is 7.80. The third-order valence-corrected chi connectivity index (χ3v) is 6.44. The summed E-state index contributed by atoms with van der Waals surface area (Å²) in [5, 5.41) is 14.5. The number of hydrogen-bond acceptors (Lipinski definition) is 7. The molecular formula is C22H19ClF3N6O3S-. The van der Waals surface area contributed by atoms with Crippen LogP contribution in [0.25, 0.3) is 11.0 Å². The Hall–Kier alpha value is -3.45. The molecule has 1 aliphatic heterocycles. The number of rotatable bonds is 4. The minimum Gasteiger partial charge on any atom is -0.545 e. The molecule has 0 saturated carbocycles. The quantitative estimate of drug-likeness (QED) is 0.500. The minimum absolute atomic E-state index is 0.0604. The zero-order valence-corrected chi connectivity index (χ0v) is 20.4. The summed E-state index contributed by atoms with van der Waals surface area (Å²) in [5.41, 5.74) is -1.65. The molecule has 1 N–H and O–H groups in total. The first-order chi connectivity index (χ1) is 17.0. The highest BCUT2D eigenvalue weighted by atomic mass is 35.5. The van der Waals surface area contributed by atoms with Crippen molar-refractivity contribution in [1.29, 1.82) is 0 Å². The van der Waals surface area contributed by atoms with Gasteiger partial charge in [-0.15, -0.1) is 0 Å². The van der Waals surface area contributed by atoms with Gasteiger partial charge in [-0.25, -0.2) is 4.98 Å². The fourth-order valence-corrected chi connectivity index (χ4v) is 4.26. The van der Waals surface area contributed by atoms with Crippen molar-refractivity contribution >= 4 is 57.6 Å². The van der Waals surface area contributed by atoms with Crippen LogP contribution < -0.4 is 20.8 Å². The molecule has 0 aliphatic carbocycles. The zero-order chi connectivity index (χ0) is 26.2. The van der Waals surface area contributed by atoms with Gasteiger partial charge in [-0.2, -0.15) is 18.2 Å². The number of aromatic nitrogens is 3. The van der Waals surface area contributed by atoms with E-state index in [9.17, 15) is 27.9 Å². The zero-order valence-electron chi connectivity index (χ0n) is 18.8.